The molecule has 3 atom stereocenters. The Kier molecular flexibility index (Phi) is 5.63. The van der Waals surface area contributed by atoms with Crippen LogP contribution in [0.1, 0.15) is 40.0 Å². The first-order valence-electron chi connectivity index (χ1n) is 8.31. The van der Waals surface area contributed by atoms with Crippen LogP contribution in [0.3, 0.4) is 0 Å². The highest BCUT2D eigenvalue weighted by Crippen LogP contribution is 2.25. The Hall–Kier alpha value is -0.650. The first-order valence-corrected chi connectivity index (χ1v) is 8.31. The van der Waals surface area contributed by atoms with E-state index in [0.29, 0.717) is 6.04 Å². The van der Waals surface area contributed by atoms with Crippen molar-refractivity contribution in [2.75, 3.05) is 39.8 Å². The zero-order valence-corrected chi connectivity index (χ0v) is 14.0. The predicted molar refractivity (Wildman–Crippen MR) is 84.3 cm³/mol. The number of esters is 1. The summed E-state index contributed by atoms with van der Waals surface area (Å²) in [6.45, 7) is 11.7. The minimum atomic E-state index is -0.588. The van der Waals surface area contributed by atoms with Crippen LogP contribution in [0.5, 0.6) is 0 Å². The Morgan fingerprint density at radius 2 is 2.19 bits per heavy atom. The molecule has 0 amide bonds. The summed E-state index contributed by atoms with van der Waals surface area (Å²) in [5.41, 5.74) is -0.588. The van der Waals surface area contributed by atoms with Gasteiger partial charge in [-0.1, -0.05) is 6.92 Å². The van der Waals surface area contributed by atoms with Gasteiger partial charge in [0.25, 0.3) is 0 Å². The molecule has 0 aromatic heterocycles. The number of nitrogens with one attached hydrogen (secondary N) is 1. The van der Waals surface area contributed by atoms with Gasteiger partial charge >= 0.3 is 5.97 Å². The molecule has 2 heterocycles. The van der Waals surface area contributed by atoms with E-state index >= 15 is 0 Å². The quantitative estimate of drug-likeness (QED) is 0.744. The Labute approximate surface area is 129 Å². The van der Waals surface area contributed by atoms with Crippen LogP contribution in [0.25, 0.3) is 0 Å². The molecule has 2 saturated heterocycles. The Balaban J connectivity index is 1.95. The summed E-state index contributed by atoms with van der Waals surface area (Å²) < 4.78 is 5.00. The second-order valence-electron chi connectivity index (χ2n) is 6.73. The van der Waals surface area contributed by atoms with Gasteiger partial charge in [-0.3, -0.25) is 14.6 Å². The number of methoxy groups -OCH3 is 1. The standard InChI is InChI=1S/C16H31N3O2/c1-5-17-16(3,15(20)21-4)11-13(2)19-10-9-18-8-6-7-14(18)12-19/h13-14,17H,5-12H2,1-4H3. The number of likely N-dealkylation sites (N-methyl/N-ethyl adjacent to an activating group) is 1. The molecule has 0 aromatic carbocycles. The van der Waals surface area contributed by atoms with Crippen molar-refractivity contribution < 1.29 is 9.53 Å². The highest BCUT2D eigenvalue weighted by Gasteiger charge is 2.38. The van der Waals surface area contributed by atoms with Gasteiger partial charge in [0.05, 0.1) is 7.11 Å². The molecule has 2 fully saturated rings. The van der Waals surface area contributed by atoms with Crippen LogP contribution in [0.15, 0.2) is 0 Å². The average molecular weight is 297 g/mol. The number of hydrogen-bond donors (Lipinski definition) is 1. The molecule has 0 saturated carbocycles. The van der Waals surface area contributed by atoms with E-state index in [1.165, 1.54) is 33.0 Å². The zero-order valence-electron chi connectivity index (χ0n) is 14.0. The van der Waals surface area contributed by atoms with Gasteiger partial charge in [0.15, 0.2) is 0 Å². The number of nitrogens with zero attached hydrogens (tertiary/aromatic N) is 2. The smallest absolute Gasteiger partial charge is 0.325 e. The van der Waals surface area contributed by atoms with E-state index in [1.807, 2.05) is 13.8 Å². The van der Waals surface area contributed by atoms with E-state index in [4.69, 9.17) is 4.74 Å². The van der Waals surface area contributed by atoms with Crippen LogP contribution < -0.4 is 5.32 Å². The van der Waals surface area contributed by atoms with E-state index < -0.39 is 5.54 Å². The third kappa shape index (κ3) is 3.76. The van der Waals surface area contributed by atoms with Gasteiger partial charge in [0.2, 0.25) is 0 Å². The molecular formula is C16H31N3O2. The van der Waals surface area contributed by atoms with Crippen LogP contribution in [0.4, 0.5) is 0 Å². The highest BCUT2D eigenvalue weighted by atomic mass is 16.5. The average Bonchev–Trinajstić information content (AvgIpc) is 2.93. The highest BCUT2D eigenvalue weighted by molar-refractivity contribution is 5.80. The van der Waals surface area contributed by atoms with Gasteiger partial charge in [-0.05, 0) is 46.2 Å². The summed E-state index contributed by atoms with van der Waals surface area (Å²) in [4.78, 5) is 17.3. The van der Waals surface area contributed by atoms with Crippen molar-refractivity contribution in [3.8, 4) is 0 Å². The largest absolute Gasteiger partial charge is 0.468 e. The summed E-state index contributed by atoms with van der Waals surface area (Å²) in [6.07, 6.45) is 3.45. The first-order chi connectivity index (χ1) is 10.00. The summed E-state index contributed by atoms with van der Waals surface area (Å²) in [5.74, 6) is -0.157. The van der Waals surface area contributed by atoms with Crippen molar-refractivity contribution >= 4 is 5.97 Å². The number of carbonyl (C=O) groups is 1. The van der Waals surface area contributed by atoms with Gasteiger partial charge in [0.1, 0.15) is 5.54 Å². The normalized spacial score (nSPS) is 27.9. The molecule has 0 aliphatic carbocycles. The van der Waals surface area contributed by atoms with Crippen LogP contribution >= 0.6 is 0 Å². The van der Waals surface area contributed by atoms with Crippen molar-refractivity contribution in [1.29, 1.82) is 0 Å². The predicted octanol–water partition coefficient (Wildman–Crippen LogP) is 1.09. The van der Waals surface area contributed by atoms with Gasteiger partial charge in [-0.15, -0.1) is 0 Å². The van der Waals surface area contributed by atoms with E-state index in [2.05, 4.69) is 22.0 Å². The lowest BCUT2D eigenvalue weighted by Gasteiger charge is -2.42. The van der Waals surface area contributed by atoms with Crippen LogP contribution in [-0.4, -0.2) is 73.2 Å². The monoisotopic (exact) mass is 297 g/mol. The summed E-state index contributed by atoms with van der Waals surface area (Å²) in [6, 6.07) is 1.11. The van der Waals surface area contributed by atoms with E-state index in [0.717, 1.165) is 32.1 Å². The van der Waals surface area contributed by atoms with E-state index in [-0.39, 0.29) is 5.97 Å². The number of hydrogen-bond acceptors (Lipinski definition) is 5. The van der Waals surface area contributed by atoms with E-state index in [9.17, 15) is 4.79 Å². The lowest BCUT2D eigenvalue weighted by Crippen LogP contribution is -2.57. The zero-order chi connectivity index (χ0) is 15.5. The number of carbonyl (C=O) groups excluding carboxylic acids is 1. The van der Waals surface area contributed by atoms with Crippen LogP contribution in [0, 0.1) is 0 Å². The van der Waals surface area contributed by atoms with Gasteiger partial charge in [0, 0.05) is 31.7 Å². The first kappa shape index (κ1) is 16.7. The molecule has 2 aliphatic rings. The Morgan fingerprint density at radius 3 is 2.86 bits per heavy atom. The Morgan fingerprint density at radius 1 is 1.43 bits per heavy atom. The molecule has 0 aromatic rings. The molecule has 122 valence electrons. The summed E-state index contributed by atoms with van der Waals surface area (Å²) in [7, 11) is 1.47. The maximum absolute atomic E-state index is 12.1. The van der Waals surface area contributed by atoms with Crippen molar-refractivity contribution in [3.63, 3.8) is 0 Å². The third-order valence-corrected chi connectivity index (χ3v) is 5.15. The second kappa shape index (κ2) is 7.07. The molecular weight excluding hydrogens is 266 g/mol. The number of fused-ring (bicyclic) bond motifs is 1. The van der Waals surface area contributed by atoms with Crippen molar-refractivity contribution in [2.45, 2.75) is 57.7 Å². The molecule has 5 heteroatoms. The Bertz CT molecular complexity index is 363. The van der Waals surface area contributed by atoms with Gasteiger partial charge in [-0.2, -0.15) is 0 Å². The molecule has 5 nitrogen and oxygen atoms in total. The maximum Gasteiger partial charge on any atom is 0.325 e. The topological polar surface area (TPSA) is 44.8 Å². The molecule has 0 spiro atoms. The van der Waals surface area contributed by atoms with Crippen LogP contribution in [0.2, 0.25) is 0 Å². The molecule has 2 aliphatic heterocycles. The lowest BCUT2D eigenvalue weighted by atomic mass is 9.92. The summed E-state index contributed by atoms with van der Waals surface area (Å²) in [5, 5.41) is 3.31. The molecule has 21 heavy (non-hydrogen) atoms. The molecule has 0 radical (unpaired) electrons. The van der Waals surface area contributed by atoms with Crippen molar-refractivity contribution in [1.82, 2.24) is 15.1 Å². The fraction of sp³-hybridized carbons (Fsp3) is 0.938. The molecule has 0 bridgehead atoms. The minimum absolute atomic E-state index is 0.157. The van der Waals surface area contributed by atoms with Gasteiger partial charge in [-0.25, -0.2) is 0 Å². The van der Waals surface area contributed by atoms with E-state index in [1.54, 1.807) is 0 Å². The number of ether oxygens (including phenoxy) is 1. The fourth-order valence-electron chi connectivity index (χ4n) is 3.98. The fourth-order valence-corrected chi connectivity index (χ4v) is 3.98. The van der Waals surface area contributed by atoms with Crippen molar-refractivity contribution in [3.05, 3.63) is 0 Å². The maximum atomic E-state index is 12.1. The molecule has 2 rings (SSSR count). The second-order valence-corrected chi connectivity index (χ2v) is 6.73. The number of piperazine rings is 1. The molecule has 1 N–H and O–H groups in total. The van der Waals surface area contributed by atoms with Gasteiger partial charge < -0.3 is 10.1 Å². The summed E-state index contributed by atoms with van der Waals surface area (Å²) >= 11 is 0. The number of rotatable bonds is 6. The van der Waals surface area contributed by atoms with Crippen molar-refractivity contribution in [2.24, 2.45) is 0 Å². The minimum Gasteiger partial charge on any atom is -0.468 e. The lowest BCUT2D eigenvalue weighted by molar-refractivity contribution is -0.148. The molecule has 3 unspecified atom stereocenters. The van der Waals surface area contributed by atoms with Crippen LogP contribution in [-0.2, 0) is 9.53 Å². The third-order valence-electron chi connectivity index (χ3n) is 5.15. The SMILES string of the molecule is CCNC(C)(CC(C)N1CCN2CCCC2C1)C(=O)OC.